The first kappa shape index (κ1) is 11.0. The fourth-order valence-electron chi connectivity index (χ4n) is 0.488. The van der Waals surface area contributed by atoms with Crippen molar-refractivity contribution in [2.24, 2.45) is 0 Å². The van der Waals surface area contributed by atoms with Gasteiger partial charge in [0, 0.05) is 11.4 Å². The molecule has 0 aliphatic rings. The first-order valence-electron chi connectivity index (χ1n) is 3.58. The molecular formula is C7H15NOPS+. The number of aromatic nitrogens is 1. The Hall–Kier alpha value is 0.0200. The van der Waals surface area contributed by atoms with Crippen LogP contribution in [0.25, 0.3) is 0 Å². The summed E-state index contributed by atoms with van der Waals surface area (Å²) in [6.45, 7) is 7.67. The van der Waals surface area contributed by atoms with Crippen molar-refractivity contribution < 1.29 is 4.89 Å². The lowest BCUT2D eigenvalue weighted by Crippen LogP contribution is -2.07. The van der Waals surface area contributed by atoms with Gasteiger partial charge in [0.15, 0.2) is 7.49 Å². The SMILES string of the molecule is CC.C[P+](C)(O)c1ccsn1. The third kappa shape index (κ3) is 3.80. The molecule has 0 bridgehead atoms. The normalized spacial score (nSPS) is 10.3. The zero-order chi connectivity index (χ0) is 8.91. The van der Waals surface area contributed by atoms with Crippen LogP contribution in [0.5, 0.6) is 0 Å². The Labute approximate surface area is 72.9 Å². The molecule has 0 spiro atoms. The summed E-state index contributed by atoms with van der Waals surface area (Å²) in [5.74, 6) is 0. The summed E-state index contributed by atoms with van der Waals surface area (Å²) in [6, 6.07) is 1.87. The van der Waals surface area contributed by atoms with Crippen LogP contribution >= 0.6 is 19.0 Å². The summed E-state index contributed by atoms with van der Waals surface area (Å²) in [6.07, 6.45) is 0. The molecule has 2 nitrogen and oxygen atoms in total. The molecule has 1 aromatic rings. The van der Waals surface area contributed by atoms with Crippen molar-refractivity contribution in [3.05, 3.63) is 11.4 Å². The van der Waals surface area contributed by atoms with E-state index in [2.05, 4.69) is 4.37 Å². The average molecular weight is 192 g/mol. The lowest BCUT2D eigenvalue weighted by atomic mass is 10.8. The van der Waals surface area contributed by atoms with Gasteiger partial charge < -0.3 is 0 Å². The summed E-state index contributed by atoms with van der Waals surface area (Å²) < 4.78 is 4.03. The van der Waals surface area contributed by atoms with Gasteiger partial charge in [-0.2, -0.15) is 4.37 Å². The van der Waals surface area contributed by atoms with Crippen LogP contribution in [0.3, 0.4) is 0 Å². The third-order valence-electron chi connectivity index (χ3n) is 0.985. The van der Waals surface area contributed by atoms with Crippen molar-refractivity contribution >= 4 is 24.5 Å². The number of rotatable bonds is 1. The van der Waals surface area contributed by atoms with Gasteiger partial charge in [0.2, 0.25) is 5.44 Å². The zero-order valence-corrected chi connectivity index (χ0v) is 9.12. The van der Waals surface area contributed by atoms with Crippen molar-refractivity contribution in [2.45, 2.75) is 13.8 Å². The average Bonchev–Trinajstić information content (AvgIpc) is 2.40. The van der Waals surface area contributed by atoms with E-state index < -0.39 is 7.49 Å². The largest absolute Gasteiger partial charge is 0.245 e. The van der Waals surface area contributed by atoms with E-state index in [1.165, 1.54) is 11.5 Å². The lowest BCUT2D eigenvalue weighted by molar-refractivity contribution is 0.624. The van der Waals surface area contributed by atoms with Crippen molar-refractivity contribution in [3.63, 3.8) is 0 Å². The van der Waals surface area contributed by atoms with Crippen LogP contribution in [0.1, 0.15) is 13.8 Å². The second kappa shape index (κ2) is 4.81. The standard InChI is InChI=1S/C5H9NOPS.C2H6/c1-8(2,7)5-3-4-9-6-5;1-2/h3-4,7H,1-2H3;1-2H3/q+1;. The van der Waals surface area contributed by atoms with Gasteiger partial charge in [-0.15, -0.1) is 0 Å². The molecule has 0 aliphatic heterocycles. The van der Waals surface area contributed by atoms with Crippen molar-refractivity contribution in [2.75, 3.05) is 13.3 Å². The summed E-state index contributed by atoms with van der Waals surface area (Å²) in [7, 11) is -1.82. The lowest BCUT2D eigenvalue weighted by Gasteiger charge is -2.01. The van der Waals surface area contributed by atoms with Gasteiger partial charge in [-0.3, -0.25) is 0 Å². The van der Waals surface area contributed by atoms with E-state index in [0.29, 0.717) is 0 Å². The first-order chi connectivity index (χ1) is 5.11. The van der Waals surface area contributed by atoms with Crippen LogP contribution in [-0.2, 0) is 0 Å². The highest BCUT2D eigenvalue weighted by molar-refractivity contribution is 7.76. The van der Waals surface area contributed by atoms with Gasteiger partial charge in [-0.25, -0.2) is 4.89 Å². The molecule has 0 amide bonds. The van der Waals surface area contributed by atoms with E-state index in [1.54, 1.807) is 0 Å². The van der Waals surface area contributed by atoms with E-state index in [4.69, 9.17) is 0 Å². The quantitative estimate of drug-likeness (QED) is 0.690. The smallest absolute Gasteiger partial charge is 0.222 e. The van der Waals surface area contributed by atoms with Gasteiger partial charge >= 0.3 is 0 Å². The van der Waals surface area contributed by atoms with E-state index in [1.807, 2.05) is 38.6 Å². The second-order valence-corrected chi connectivity index (χ2v) is 6.16. The molecule has 0 unspecified atom stereocenters. The van der Waals surface area contributed by atoms with Crippen LogP contribution in [0.4, 0.5) is 0 Å². The molecule has 1 aromatic heterocycles. The van der Waals surface area contributed by atoms with Gasteiger partial charge in [0.25, 0.3) is 0 Å². The van der Waals surface area contributed by atoms with Crippen LogP contribution in [-0.4, -0.2) is 22.6 Å². The van der Waals surface area contributed by atoms with Crippen molar-refractivity contribution in [1.29, 1.82) is 0 Å². The molecule has 0 atom stereocenters. The first-order valence-corrected chi connectivity index (χ1v) is 7.05. The minimum Gasteiger partial charge on any atom is -0.245 e. The Balaban J connectivity index is 0.000000461. The Morgan fingerprint density at radius 2 is 2.00 bits per heavy atom. The highest BCUT2D eigenvalue weighted by Crippen LogP contribution is 2.43. The predicted octanol–water partition coefficient (Wildman–Crippen LogP) is 1.98. The minimum absolute atomic E-state index is 0.854. The van der Waals surface area contributed by atoms with Gasteiger partial charge in [-0.05, 0) is 11.5 Å². The second-order valence-electron chi connectivity index (χ2n) is 2.25. The molecule has 0 saturated heterocycles. The fraction of sp³-hybridized carbons (Fsp3) is 0.571. The van der Waals surface area contributed by atoms with Gasteiger partial charge in [-0.1, -0.05) is 13.8 Å². The Morgan fingerprint density at radius 1 is 1.45 bits per heavy atom. The molecule has 1 heterocycles. The molecule has 0 radical (unpaired) electrons. The molecule has 1 N–H and O–H groups in total. The maximum Gasteiger partial charge on any atom is 0.222 e. The third-order valence-corrected chi connectivity index (χ3v) is 3.05. The summed E-state index contributed by atoms with van der Waals surface area (Å²) in [5, 5.41) is 1.88. The van der Waals surface area contributed by atoms with Crippen LogP contribution in [0.2, 0.25) is 0 Å². The topological polar surface area (TPSA) is 33.1 Å². The number of hydrogen-bond acceptors (Lipinski definition) is 3. The summed E-state index contributed by atoms with van der Waals surface area (Å²) in [5.41, 5.74) is 0.854. The van der Waals surface area contributed by atoms with E-state index in [9.17, 15) is 4.89 Å². The Morgan fingerprint density at radius 3 is 2.18 bits per heavy atom. The monoisotopic (exact) mass is 192 g/mol. The fourth-order valence-corrected chi connectivity index (χ4v) is 2.39. The minimum atomic E-state index is -1.82. The maximum atomic E-state index is 9.43. The number of nitrogens with zero attached hydrogens (tertiary/aromatic N) is 1. The molecule has 1 rings (SSSR count). The van der Waals surface area contributed by atoms with E-state index >= 15 is 0 Å². The van der Waals surface area contributed by atoms with Crippen molar-refractivity contribution in [3.8, 4) is 0 Å². The van der Waals surface area contributed by atoms with Gasteiger partial charge in [0.1, 0.15) is 0 Å². The van der Waals surface area contributed by atoms with Crippen LogP contribution in [0.15, 0.2) is 11.4 Å². The molecule has 4 heteroatoms. The summed E-state index contributed by atoms with van der Waals surface area (Å²) >= 11 is 1.38. The van der Waals surface area contributed by atoms with E-state index in [-0.39, 0.29) is 0 Å². The van der Waals surface area contributed by atoms with Crippen LogP contribution in [0, 0.1) is 0 Å². The Bertz CT molecular complexity index is 181. The van der Waals surface area contributed by atoms with Gasteiger partial charge in [0.05, 0.1) is 13.3 Å². The van der Waals surface area contributed by atoms with E-state index in [0.717, 1.165) is 5.44 Å². The molecule has 0 aromatic carbocycles. The molecule has 0 fully saturated rings. The molecule has 0 saturated carbocycles. The highest BCUT2D eigenvalue weighted by atomic mass is 32.1. The number of hydrogen-bond donors (Lipinski definition) is 1. The summed E-state index contributed by atoms with van der Waals surface area (Å²) in [4.78, 5) is 9.43. The highest BCUT2D eigenvalue weighted by Gasteiger charge is 2.26. The molecular weight excluding hydrogens is 177 g/mol. The van der Waals surface area contributed by atoms with Crippen molar-refractivity contribution in [1.82, 2.24) is 4.37 Å². The maximum absolute atomic E-state index is 9.43. The molecule has 11 heavy (non-hydrogen) atoms. The van der Waals surface area contributed by atoms with Crippen LogP contribution < -0.4 is 5.44 Å². The Kier molecular flexibility index (Phi) is 4.82. The predicted molar refractivity (Wildman–Crippen MR) is 54.1 cm³/mol. The zero-order valence-electron chi connectivity index (χ0n) is 7.40. The molecule has 0 aliphatic carbocycles. The molecule has 64 valence electrons.